The maximum absolute atomic E-state index is 12.0. The summed E-state index contributed by atoms with van der Waals surface area (Å²) in [5.74, 6) is -0.434. The van der Waals surface area contributed by atoms with Gasteiger partial charge in [0.25, 0.3) is 0 Å². The molecule has 0 aliphatic heterocycles. The molecule has 0 bridgehead atoms. The van der Waals surface area contributed by atoms with Crippen molar-refractivity contribution in [1.29, 1.82) is 0 Å². The van der Waals surface area contributed by atoms with Crippen LogP contribution in [0.25, 0.3) is 0 Å². The van der Waals surface area contributed by atoms with Crippen LogP contribution in [0.5, 0.6) is 5.75 Å². The van der Waals surface area contributed by atoms with Crippen molar-refractivity contribution in [3.63, 3.8) is 0 Å². The third-order valence-corrected chi connectivity index (χ3v) is 3.94. The average molecular weight is 355 g/mol. The number of benzene rings is 2. The van der Waals surface area contributed by atoms with E-state index in [-0.39, 0.29) is 12.5 Å². The number of aliphatic carboxylic acids is 1. The van der Waals surface area contributed by atoms with E-state index in [1.165, 1.54) is 16.7 Å². The van der Waals surface area contributed by atoms with Crippen LogP contribution in [0.2, 0.25) is 0 Å². The maximum atomic E-state index is 12.0. The van der Waals surface area contributed by atoms with Gasteiger partial charge < -0.3 is 15.2 Å². The van der Waals surface area contributed by atoms with Crippen LogP contribution in [0.15, 0.2) is 42.5 Å². The molecule has 0 unspecified atom stereocenters. The van der Waals surface area contributed by atoms with E-state index in [9.17, 15) is 9.59 Å². The van der Waals surface area contributed by atoms with Crippen molar-refractivity contribution in [2.24, 2.45) is 0 Å². The van der Waals surface area contributed by atoms with Gasteiger partial charge in [0.15, 0.2) is 6.61 Å². The van der Waals surface area contributed by atoms with Gasteiger partial charge in [-0.3, -0.25) is 4.79 Å². The Balaban J connectivity index is 1.70. The second-order valence-corrected chi connectivity index (χ2v) is 6.42. The highest BCUT2D eigenvalue weighted by Crippen LogP contribution is 2.13. The first-order valence-corrected chi connectivity index (χ1v) is 8.70. The van der Waals surface area contributed by atoms with Crippen molar-refractivity contribution in [3.8, 4) is 5.75 Å². The van der Waals surface area contributed by atoms with Crippen LogP contribution < -0.4 is 10.1 Å². The van der Waals surface area contributed by atoms with Crippen molar-refractivity contribution in [1.82, 2.24) is 5.32 Å². The maximum Gasteiger partial charge on any atom is 0.341 e. The Morgan fingerprint density at radius 2 is 1.62 bits per heavy atom. The molecule has 5 nitrogen and oxygen atoms in total. The third kappa shape index (κ3) is 6.97. The zero-order valence-electron chi connectivity index (χ0n) is 15.2. The van der Waals surface area contributed by atoms with E-state index in [1.807, 2.05) is 12.1 Å². The van der Waals surface area contributed by atoms with E-state index in [1.54, 1.807) is 12.1 Å². The highest BCUT2D eigenvalue weighted by Gasteiger charge is 2.04. The number of carboxylic acid groups (broad SMARTS) is 1. The first-order valence-electron chi connectivity index (χ1n) is 8.70. The zero-order chi connectivity index (χ0) is 18.9. The van der Waals surface area contributed by atoms with Crippen LogP contribution in [0.3, 0.4) is 0 Å². The predicted molar refractivity (Wildman–Crippen MR) is 101 cm³/mol. The molecule has 2 aromatic carbocycles. The zero-order valence-corrected chi connectivity index (χ0v) is 15.2. The molecule has 0 radical (unpaired) electrons. The lowest BCUT2D eigenvalue weighted by atomic mass is 10.0. The van der Waals surface area contributed by atoms with Gasteiger partial charge in [0.05, 0.1) is 0 Å². The average Bonchev–Trinajstić information content (AvgIpc) is 2.58. The molecule has 0 aliphatic rings. The second kappa shape index (κ2) is 9.61. The predicted octanol–water partition coefficient (Wildman–Crippen LogP) is 3.06. The molecule has 0 heterocycles. The van der Waals surface area contributed by atoms with E-state index in [2.05, 4.69) is 37.4 Å². The molecule has 2 aromatic rings. The van der Waals surface area contributed by atoms with Gasteiger partial charge in [0, 0.05) is 13.0 Å². The second-order valence-electron chi connectivity index (χ2n) is 6.42. The number of rotatable bonds is 9. The Labute approximate surface area is 154 Å². The molecule has 0 aliphatic carbocycles. The standard InChI is InChI=1S/C21H25NO4/c1-15-11-16(2)13-18(12-15)5-8-20(23)22-10-9-17-3-6-19(7-4-17)26-14-21(24)25/h3-4,6-7,11-13H,5,8-10,14H2,1-2H3,(H,22,23)(H,24,25). The first-order chi connectivity index (χ1) is 12.4. The number of carboxylic acids is 1. The van der Waals surface area contributed by atoms with Gasteiger partial charge in [0.1, 0.15) is 5.75 Å². The van der Waals surface area contributed by atoms with E-state index in [0.717, 1.165) is 12.0 Å². The lowest BCUT2D eigenvalue weighted by Gasteiger charge is -2.08. The van der Waals surface area contributed by atoms with Crippen molar-refractivity contribution < 1.29 is 19.4 Å². The van der Waals surface area contributed by atoms with Crippen LogP contribution in [0.1, 0.15) is 28.7 Å². The summed E-state index contributed by atoms with van der Waals surface area (Å²) in [5.41, 5.74) is 4.68. The molecule has 138 valence electrons. The highest BCUT2D eigenvalue weighted by atomic mass is 16.5. The van der Waals surface area contributed by atoms with Crippen molar-refractivity contribution in [2.75, 3.05) is 13.2 Å². The van der Waals surface area contributed by atoms with Crippen molar-refractivity contribution in [2.45, 2.75) is 33.1 Å². The Morgan fingerprint density at radius 1 is 0.962 bits per heavy atom. The number of carbonyl (C=O) groups excluding carboxylic acids is 1. The first kappa shape index (κ1) is 19.5. The number of amides is 1. The highest BCUT2D eigenvalue weighted by molar-refractivity contribution is 5.76. The fourth-order valence-electron chi connectivity index (χ4n) is 2.80. The van der Waals surface area contributed by atoms with Gasteiger partial charge in [-0.2, -0.15) is 0 Å². The lowest BCUT2D eigenvalue weighted by molar-refractivity contribution is -0.139. The molecule has 26 heavy (non-hydrogen) atoms. The molecule has 2 N–H and O–H groups in total. The Hall–Kier alpha value is -2.82. The minimum atomic E-state index is -1.00. The van der Waals surface area contributed by atoms with Crippen LogP contribution in [-0.2, 0) is 22.4 Å². The van der Waals surface area contributed by atoms with Crippen molar-refractivity contribution >= 4 is 11.9 Å². The third-order valence-electron chi connectivity index (χ3n) is 3.94. The Bertz CT molecular complexity index is 733. The van der Waals surface area contributed by atoms with Gasteiger partial charge in [0.2, 0.25) is 5.91 Å². The quantitative estimate of drug-likeness (QED) is 0.725. The molecular formula is C21H25NO4. The number of hydrogen-bond acceptors (Lipinski definition) is 3. The summed E-state index contributed by atoms with van der Waals surface area (Å²) in [6.07, 6.45) is 1.93. The van der Waals surface area contributed by atoms with E-state index in [0.29, 0.717) is 25.1 Å². The summed E-state index contributed by atoms with van der Waals surface area (Å²) in [4.78, 5) is 22.4. The normalized spacial score (nSPS) is 10.4. The molecule has 0 saturated carbocycles. The molecule has 5 heteroatoms. The van der Waals surface area contributed by atoms with E-state index >= 15 is 0 Å². The van der Waals surface area contributed by atoms with Gasteiger partial charge in [-0.15, -0.1) is 0 Å². The number of carbonyl (C=O) groups is 2. The fraction of sp³-hybridized carbons (Fsp3) is 0.333. The van der Waals surface area contributed by atoms with Gasteiger partial charge in [-0.25, -0.2) is 4.79 Å². The minimum absolute atomic E-state index is 0.0468. The largest absolute Gasteiger partial charge is 0.482 e. The number of ether oxygens (including phenoxy) is 1. The molecular weight excluding hydrogens is 330 g/mol. The molecule has 0 atom stereocenters. The van der Waals surface area contributed by atoms with Gasteiger partial charge in [-0.05, 0) is 49.9 Å². The smallest absolute Gasteiger partial charge is 0.341 e. The van der Waals surface area contributed by atoms with E-state index in [4.69, 9.17) is 9.84 Å². The van der Waals surface area contributed by atoms with Crippen LogP contribution in [-0.4, -0.2) is 30.1 Å². The van der Waals surface area contributed by atoms with Crippen LogP contribution in [0, 0.1) is 13.8 Å². The number of nitrogens with one attached hydrogen (secondary N) is 1. The van der Waals surface area contributed by atoms with Gasteiger partial charge >= 0.3 is 5.97 Å². The monoisotopic (exact) mass is 355 g/mol. The van der Waals surface area contributed by atoms with Gasteiger partial charge in [-0.1, -0.05) is 41.5 Å². The minimum Gasteiger partial charge on any atom is -0.482 e. The summed E-state index contributed by atoms with van der Waals surface area (Å²) < 4.78 is 5.09. The number of hydrogen-bond donors (Lipinski definition) is 2. The molecule has 0 saturated heterocycles. The van der Waals surface area contributed by atoms with Crippen molar-refractivity contribution in [3.05, 3.63) is 64.7 Å². The summed E-state index contributed by atoms with van der Waals surface area (Å²) in [5, 5.41) is 11.5. The van der Waals surface area contributed by atoms with Crippen LogP contribution in [0.4, 0.5) is 0 Å². The Morgan fingerprint density at radius 3 is 2.23 bits per heavy atom. The summed E-state index contributed by atoms with van der Waals surface area (Å²) in [7, 11) is 0. The summed E-state index contributed by atoms with van der Waals surface area (Å²) in [6, 6.07) is 13.6. The molecule has 0 fully saturated rings. The topological polar surface area (TPSA) is 75.6 Å². The number of aryl methyl sites for hydroxylation is 3. The van der Waals surface area contributed by atoms with E-state index < -0.39 is 5.97 Å². The SMILES string of the molecule is Cc1cc(C)cc(CCC(=O)NCCc2ccc(OCC(=O)O)cc2)c1. The molecule has 0 aromatic heterocycles. The molecule has 1 amide bonds. The summed E-state index contributed by atoms with van der Waals surface area (Å²) in [6.45, 7) is 4.35. The Kier molecular flexibility index (Phi) is 7.21. The molecule has 2 rings (SSSR count). The fourth-order valence-corrected chi connectivity index (χ4v) is 2.80. The lowest BCUT2D eigenvalue weighted by Crippen LogP contribution is -2.25. The molecule has 0 spiro atoms. The van der Waals surface area contributed by atoms with Crippen LogP contribution >= 0.6 is 0 Å². The summed E-state index contributed by atoms with van der Waals surface area (Å²) >= 11 is 0.